The monoisotopic (exact) mass is 391 g/mol. The first-order valence-electron chi connectivity index (χ1n) is 9.73. The van der Waals surface area contributed by atoms with Crippen LogP contribution in [0.15, 0.2) is 48.5 Å². The molecule has 1 saturated carbocycles. The van der Waals surface area contributed by atoms with Crippen molar-refractivity contribution in [3.8, 4) is 10.6 Å². The van der Waals surface area contributed by atoms with E-state index in [9.17, 15) is 9.59 Å². The van der Waals surface area contributed by atoms with Crippen LogP contribution in [0.4, 0.5) is 0 Å². The van der Waals surface area contributed by atoms with Gasteiger partial charge in [-0.05, 0) is 37.1 Å². The lowest BCUT2D eigenvalue weighted by Gasteiger charge is -2.35. The van der Waals surface area contributed by atoms with Gasteiger partial charge >= 0.3 is 0 Å². The first-order chi connectivity index (χ1) is 13.7. The summed E-state index contributed by atoms with van der Waals surface area (Å²) < 4.78 is 1.16. The molecule has 3 aromatic rings. The summed E-state index contributed by atoms with van der Waals surface area (Å²) in [4.78, 5) is 33.4. The Kier molecular flexibility index (Phi) is 4.36. The summed E-state index contributed by atoms with van der Waals surface area (Å²) in [6.45, 7) is 2.50. The quantitative estimate of drug-likeness (QED) is 0.685. The van der Waals surface area contributed by atoms with E-state index in [0.717, 1.165) is 33.6 Å². The molecule has 1 aromatic heterocycles. The largest absolute Gasteiger partial charge is 0.339 e. The second kappa shape index (κ2) is 7.02. The Bertz CT molecular complexity index is 998. The normalized spacial score (nSPS) is 17.1. The van der Waals surface area contributed by atoms with Crippen LogP contribution in [-0.2, 0) is 4.79 Å². The van der Waals surface area contributed by atoms with E-state index in [-0.39, 0.29) is 17.7 Å². The van der Waals surface area contributed by atoms with E-state index in [4.69, 9.17) is 0 Å². The van der Waals surface area contributed by atoms with Gasteiger partial charge in [0.05, 0.1) is 10.2 Å². The molecule has 6 heteroatoms. The first kappa shape index (κ1) is 17.4. The molecule has 0 spiro atoms. The molecular weight excluding hydrogens is 370 g/mol. The van der Waals surface area contributed by atoms with E-state index in [1.165, 1.54) is 0 Å². The average Bonchev–Trinajstić information content (AvgIpc) is 3.51. The van der Waals surface area contributed by atoms with E-state index in [0.29, 0.717) is 31.7 Å². The third kappa shape index (κ3) is 3.29. The van der Waals surface area contributed by atoms with Crippen LogP contribution in [0.1, 0.15) is 23.2 Å². The summed E-state index contributed by atoms with van der Waals surface area (Å²) >= 11 is 1.66. The van der Waals surface area contributed by atoms with Gasteiger partial charge in [0.25, 0.3) is 5.91 Å². The maximum absolute atomic E-state index is 12.8. The second-order valence-electron chi connectivity index (χ2n) is 7.46. The standard InChI is InChI=1S/C22H21N3O2S/c26-21(24-11-13-25(14-12-24)22(27)17-9-10-17)16-7-5-15(6-8-16)20-23-18-3-1-2-4-19(18)28-20/h1-8,17H,9-14H2. The van der Waals surface area contributed by atoms with Crippen molar-refractivity contribution in [3.63, 3.8) is 0 Å². The molecule has 142 valence electrons. The molecule has 0 N–H and O–H groups in total. The zero-order valence-electron chi connectivity index (χ0n) is 15.5. The van der Waals surface area contributed by atoms with Crippen LogP contribution in [0.2, 0.25) is 0 Å². The Morgan fingerprint density at radius 3 is 2.25 bits per heavy atom. The number of nitrogens with zero attached hydrogens (tertiary/aromatic N) is 3. The number of fused-ring (bicyclic) bond motifs is 1. The Morgan fingerprint density at radius 1 is 0.893 bits per heavy atom. The lowest BCUT2D eigenvalue weighted by Crippen LogP contribution is -2.51. The number of amides is 2. The van der Waals surface area contributed by atoms with Gasteiger partial charge in [0, 0.05) is 43.2 Å². The highest BCUT2D eigenvalue weighted by Crippen LogP contribution is 2.32. The molecule has 0 atom stereocenters. The highest BCUT2D eigenvalue weighted by Gasteiger charge is 2.35. The van der Waals surface area contributed by atoms with Crippen LogP contribution in [0, 0.1) is 5.92 Å². The van der Waals surface area contributed by atoms with E-state index in [1.807, 2.05) is 52.3 Å². The van der Waals surface area contributed by atoms with E-state index in [2.05, 4.69) is 11.1 Å². The van der Waals surface area contributed by atoms with Gasteiger partial charge in [-0.3, -0.25) is 9.59 Å². The molecule has 0 radical (unpaired) electrons. The Morgan fingerprint density at radius 2 is 1.57 bits per heavy atom. The highest BCUT2D eigenvalue weighted by atomic mass is 32.1. The molecule has 1 saturated heterocycles. The van der Waals surface area contributed by atoms with Crippen LogP contribution in [0.3, 0.4) is 0 Å². The topological polar surface area (TPSA) is 53.5 Å². The summed E-state index contributed by atoms with van der Waals surface area (Å²) in [5, 5.41) is 0.965. The summed E-state index contributed by atoms with van der Waals surface area (Å²) in [5.41, 5.74) is 2.71. The molecular formula is C22H21N3O2S. The van der Waals surface area contributed by atoms with E-state index < -0.39 is 0 Å². The summed E-state index contributed by atoms with van der Waals surface area (Å²) in [7, 11) is 0. The van der Waals surface area contributed by atoms with Crippen molar-refractivity contribution in [1.29, 1.82) is 0 Å². The van der Waals surface area contributed by atoms with Crippen LogP contribution in [0.5, 0.6) is 0 Å². The fourth-order valence-electron chi connectivity index (χ4n) is 3.65. The number of hydrogen-bond donors (Lipinski definition) is 0. The van der Waals surface area contributed by atoms with Gasteiger partial charge in [0.1, 0.15) is 5.01 Å². The number of carbonyl (C=O) groups is 2. The molecule has 0 unspecified atom stereocenters. The third-order valence-corrected chi connectivity index (χ3v) is 6.56. The van der Waals surface area contributed by atoms with Crippen molar-refractivity contribution in [2.75, 3.05) is 26.2 Å². The molecule has 5 rings (SSSR count). The van der Waals surface area contributed by atoms with Gasteiger partial charge in [-0.1, -0.05) is 24.3 Å². The maximum atomic E-state index is 12.8. The predicted octanol–water partition coefficient (Wildman–Crippen LogP) is 3.66. The van der Waals surface area contributed by atoms with Crippen LogP contribution in [0.25, 0.3) is 20.8 Å². The minimum atomic E-state index is 0.0365. The van der Waals surface area contributed by atoms with E-state index >= 15 is 0 Å². The van der Waals surface area contributed by atoms with Crippen molar-refractivity contribution in [2.45, 2.75) is 12.8 Å². The smallest absolute Gasteiger partial charge is 0.253 e. The van der Waals surface area contributed by atoms with Gasteiger partial charge in [-0.2, -0.15) is 0 Å². The number of carbonyl (C=O) groups excluding carboxylic acids is 2. The summed E-state index contributed by atoms with van der Waals surface area (Å²) in [6.07, 6.45) is 2.05. The molecule has 28 heavy (non-hydrogen) atoms. The molecule has 2 aromatic carbocycles. The molecule has 5 nitrogen and oxygen atoms in total. The fourth-order valence-corrected chi connectivity index (χ4v) is 4.62. The van der Waals surface area contributed by atoms with Crippen LogP contribution >= 0.6 is 11.3 Å². The molecule has 2 heterocycles. The van der Waals surface area contributed by atoms with Gasteiger partial charge in [-0.15, -0.1) is 11.3 Å². The Balaban J connectivity index is 1.26. The van der Waals surface area contributed by atoms with Gasteiger partial charge in [0.2, 0.25) is 5.91 Å². The maximum Gasteiger partial charge on any atom is 0.253 e. The highest BCUT2D eigenvalue weighted by molar-refractivity contribution is 7.21. The molecule has 1 aliphatic carbocycles. The summed E-state index contributed by atoms with van der Waals surface area (Å²) in [6, 6.07) is 15.8. The molecule has 2 aliphatic rings. The average molecular weight is 391 g/mol. The van der Waals surface area contributed by atoms with Crippen molar-refractivity contribution >= 4 is 33.4 Å². The SMILES string of the molecule is O=C(c1ccc(-c2nc3ccccc3s2)cc1)N1CCN(C(=O)C2CC2)CC1. The van der Waals surface area contributed by atoms with Gasteiger partial charge in [-0.25, -0.2) is 4.98 Å². The van der Waals surface area contributed by atoms with Crippen LogP contribution in [-0.4, -0.2) is 52.8 Å². The number of hydrogen-bond acceptors (Lipinski definition) is 4. The van der Waals surface area contributed by atoms with Crippen molar-refractivity contribution in [1.82, 2.24) is 14.8 Å². The number of benzene rings is 2. The van der Waals surface area contributed by atoms with Crippen molar-refractivity contribution in [2.24, 2.45) is 5.92 Å². The minimum Gasteiger partial charge on any atom is -0.339 e. The van der Waals surface area contributed by atoms with Crippen molar-refractivity contribution < 1.29 is 9.59 Å². The number of thiazole rings is 1. The van der Waals surface area contributed by atoms with Crippen molar-refractivity contribution in [3.05, 3.63) is 54.1 Å². The zero-order valence-corrected chi connectivity index (χ0v) is 16.3. The zero-order chi connectivity index (χ0) is 19.1. The number of aromatic nitrogens is 1. The number of rotatable bonds is 3. The molecule has 2 fully saturated rings. The van der Waals surface area contributed by atoms with Gasteiger partial charge < -0.3 is 9.80 Å². The van der Waals surface area contributed by atoms with Gasteiger partial charge in [0.15, 0.2) is 0 Å². The lowest BCUT2D eigenvalue weighted by molar-refractivity contribution is -0.134. The Hall–Kier alpha value is -2.73. The van der Waals surface area contributed by atoms with Crippen LogP contribution < -0.4 is 0 Å². The fraction of sp³-hybridized carbons (Fsp3) is 0.318. The lowest BCUT2D eigenvalue weighted by atomic mass is 10.1. The van der Waals surface area contributed by atoms with E-state index in [1.54, 1.807) is 11.3 Å². The predicted molar refractivity (Wildman–Crippen MR) is 110 cm³/mol. The first-order valence-corrected chi connectivity index (χ1v) is 10.5. The minimum absolute atomic E-state index is 0.0365. The molecule has 1 aliphatic heterocycles. The molecule has 2 amide bonds. The summed E-state index contributed by atoms with van der Waals surface area (Å²) in [5.74, 6) is 0.555. The Labute approximate surface area is 167 Å². The third-order valence-electron chi connectivity index (χ3n) is 5.48. The second-order valence-corrected chi connectivity index (χ2v) is 8.49. The molecule has 0 bridgehead atoms. The number of piperazine rings is 1. The number of para-hydroxylation sites is 1.